The van der Waals surface area contributed by atoms with Crippen molar-refractivity contribution in [3.63, 3.8) is 0 Å². The van der Waals surface area contributed by atoms with Crippen molar-refractivity contribution in [1.82, 2.24) is 25.0 Å². The van der Waals surface area contributed by atoms with Gasteiger partial charge in [0.2, 0.25) is 0 Å². The summed E-state index contributed by atoms with van der Waals surface area (Å²) in [5, 5.41) is 11.4. The molecule has 0 N–H and O–H groups in total. The number of hydrogen-bond acceptors (Lipinski definition) is 7. The molecule has 0 radical (unpaired) electrons. The van der Waals surface area contributed by atoms with Crippen molar-refractivity contribution in [1.29, 1.82) is 0 Å². The summed E-state index contributed by atoms with van der Waals surface area (Å²) in [6, 6.07) is -0.281. The van der Waals surface area contributed by atoms with E-state index in [0.29, 0.717) is 12.3 Å². The van der Waals surface area contributed by atoms with Crippen molar-refractivity contribution in [2.24, 2.45) is 0 Å². The molecule has 100 valence electrons. The summed E-state index contributed by atoms with van der Waals surface area (Å²) < 4.78 is 6.70. The maximum atomic E-state index is 12.0. The molecule has 0 saturated carbocycles. The standard InChI is InChI=1S/C11H14N6O2/c1-2-19-11(18)8-4-3-5-16(8)10-7-12-6-9-13-14-15-17(9)10/h6-8H,2-5H2,1H3. The number of ether oxygens (including phenoxy) is 1. The van der Waals surface area contributed by atoms with E-state index in [9.17, 15) is 4.79 Å². The molecule has 1 atom stereocenters. The second kappa shape index (κ2) is 4.79. The molecule has 0 aromatic carbocycles. The number of anilines is 1. The first kappa shape index (κ1) is 11.8. The predicted octanol–water partition coefficient (Wildman–Crippen LogP) is 0.0512. The fraction of sp³-hybridized carbons (Fsp3) is 0.545. The SMILES string of the molecule is CCOC(=O)C1CCCN1c1cncc2nnnn12. The second-order valence-electron chi connectivity index (χ2n) is 4.32. The van der Waals surface area contributed by atoms with Crippen LogP contribution in [-0.4, -0.2) is 50.2 Å². The van der Waals surface area contributed by atoms with E-state index >= 15 is 0 Å². The van der Waals surface area contributed by atoms with Gasteiger partial charge >= 0.3 is 5.97 Å². The van der Waals surface area contributed by atoms with E-state index in [4.69, 9.17) is 4.74 Å². The average Bonchev–Trinajstić information content (AvgIpc) is 3.07. The Hall–Kier alpha value is -2.25. The third-order valence-corrected chi connectivity index (χ3v) is 3.20. The lowest BCUT2D eigenvalue weighted by molar-refractivity contribution is -0.144. The Morgan fingerprint density at radius 3 is 3.26 bits per heavy atom. The van der Waals surface area contributed by atoms with E-state index in [1.165, 1.54) is 0 Å². The highest BCUT2D eigenvalue weighted by Crippen LogP contribution is 2.25. The van der Waals surface area contributed by atoms with Gasteiger partial charge in [0.25, 0.3) is 0 Å². The zero-order valence-electron chi connectivity index (χ0n) is 10.6. The highest BCUT2D eigenvalue weighted by atomic mass is 16.5. The number of nitrogens with zero attached hydrogens (tertiary/aromatic N) is 6. The molecule has 0 spiro atoms. The van der Waals surface area contributed by atoms with Crippen LogP contribution in [0.3, 0.4) is 0 Å². The van der Waals surface area contributed by atoms with Crippen LogP contribution in [-0.2, 0) is 9.53 Å². The fourth-order valence-corrected chi connectivity index (χ4v) is 2.38. The van der Waals surface area contributed by atoms with Gasteiger partial charge in [0.1, 0.15) is 6.04 Å². The number of hydrogen-bond donors (Lipinski definition) is 0. The van der Waals surface area contributed by atoms with Gasteiger partial charge in [0.15, 0.2) is 11.5 Å². The molecular weight excluding hydrogens is 248 g/mol. The topological polar surface area (TPSA) is 85.5 Å². The number of carbonyl (C=O) groups excluding carboxylic acids is 1. The molecule has 1 aliphatic heterocycles. The molecule has 1 saturated heterocycles. The average molecular weight is 262 g/mol. The van der Waals surface area contributed by atoms with Crippen molar-refractivity contribution in [2.45, 2.75) is 25.8 Å². The summed E-state index contributed by atoms with van der Waals surface area (Å²) in [5.74, 6) is 0.517. The summed E-state index contributed by atoms with van der Waals surface area (Å²) in [6.45, 7) is 2.96. The first-order chi connectivity index (χ1) is 9.31. The Bertz CT molecular complexity index is 598. The molecule has 1 unspecified atom stereocenters. The van der Waals surface area contributed by atoms with Gasteiger partial charge in [-0.2, -0.15) is 4.52 Å². The summed E-state index contributed by atoms with van der Waals surface area (Å²) in [4.78, 5) is 18.0. The van der Waals surface area contributed by atoms with Gasteiger partial charge in [-0.3, -0.25) is 4.98 Å². The molecule has 0 amide bonds. The normalized spacial score (nSPS) is 19.0. The van der Waals surface area contributed by atoms with Gasteiger partial charge in [-0.15, -0.1) is 5.10 Å². The van der Waals surface area contributed by atoms with Crippen molar-refractivity contribution in [2.75, 3.05) is 18.1 Å². The monoisotopic (exact) mass is 262 g/mol. The minimum Gasteiger partial charge on any atom is -0.464 e. The lowest BCUT2D eigenvalue weighted by Crippen LogP contribution is -2.38. The van der Waals surface area contributed by atoms with Crippen LogP contribution >= 0.6 is 0 Å². The smallest absolute Gasteiger partial charge is 0.328 e. The van der Waals surface area contributed by atoms with E-state index in [0.717, 1.165) is 25.2 Å². The van der Waals surface area contributed by atoms with Crippen molar-refractivity contribution < 1.29 is 9.53 Å². The summed E-state index contributed by atoms with van der Waals surface area (Å²) in [7, 11) is 0. The van der Waals surface area contributed by atoms with Gasteiger partial charge in [-0.05, 0) is 30.2 Å². The quantitative estimate of drug-likeness (QED) is 0.722. The van der Waals surface area contributed by atoms with Gasteiger partial charge in [-0.25, -0.2) is 4.79 Å². The van der Waals surface area contributed by atoms with Crippen LogP contribution < -0.4 is 4.90 Å². The number of fused-ring (bicyclic) bond motifs is 1. The molecule has 1 aliphatic rings. The van der Waals surface area contributed by atoms with Gasteiger partial charge in [0.05, 0.1) is 19.0 Å². The molecule has 3 rings (SSSR count). The Morgan fingerprint density at radius 2 is 2.42 bits per heavy atom. The molecular formula is C11H14N6O2. The largest absolute Gasteiger partial charge is 0.464 e. The number of esters is 1. The number of tetrazole rings is 1. The summed E-state index contributed by atoms with van der Waals surface area (Å²) in [6.07, 6.45) is 4.96. The zero-order chi connectivity index (χ0) is 13.2. The Balaban J connectivity index is 1.96. The van der Waals surface area contributed by atoms with E-state index in [-0.39, 0.29) is 12.0 Å². The van der Waals surface area contributed by atoms with Crippen LogP contribution in [0.25, 0.3) is 5.65 Å². The van der Waals surface area contributed by atoms with Gasteiger partial charge in [0, 0.05) is 6.54 Å². The van der Waals surface area contributed by atoms with E-state index < -0.39 is 0 Å². The van der Waals surface area contributed by atoms with Gasteiger partial charge < -0.3 is 9.64 Å². The highest BCUT2D eigenvalue weighted by Gasteiger charge is 2.33. The Kier molecular flexibility index (Phi) is 2.98. The molecule has 1 fully saturated rings. The minimum absolute atomic E-state index is 0.204. The van der Waals surface area contributed by atoms with Crippen LogP contribution in [0.5, 0.6) is 0 Å². The zero-order valence-corrected chi connectivity index (χ0v) is 10.6. The number of aromatic nitrogens is 5. The number of rotatable bonds is 3. The molecule has 2 aromatic rings. The fourth-order valence-electron chi connectivity index (χ4n) is 2.38. The molecule has 0 aliphatic carbocycles. The Morgan fingerprint density at radius 1 is 1.53 bits per heavy atom. The Labute approximate surface area is 109 Å². The molecule has 2 aromatic heterocycles. The first-order valence-corrected chi connectivity index (χ1v) is 6.26. The maximum absolute atomic E-state index is 12.0. The summed E-state index contributed by atoms with van der Waals surface area (Å²) in [5.41, 5.74) is 0.562. The maximum Gasteiger partial charge on any atom is 0.328 e. The second-order valence-corrected chi connectivity index (χ2v) is 4.32. The van der Waals surface area contributed by atoms with E-state index in [1.54, 1.807) is 23.8 Å². The molecule has 8 heteroatoms. The van der Waals surface area contributed by atoms with Crippen LogP contribution in [0, 0.1) is 0 Å². The molecule has 19 heavy (non-hydrogen) atoms. The van der Waals surface area contributed by atoms with Gasteiger partial charge in [-0.1, -0.05) is 0 Å². The van der Waals surface area contributed by atoms with E-state index in [1.807, 2.05) is 4.90 Å². The number of carbonyl (C=O) groups is 1. The minimum atomic E-state index is -0.281. The van der Waals surface area contributed by atoms with Crippen molar-refractivity contribution in [3.8, 4) is 0 Å². The highest BCUT2D eigenvalue weighted by molar-refractivity contribution is 5.80. The molecule has 8 nitrogen and oxygen atoms in total. The third-order valence-electron chi connectivity index (χ3n) is 3.20. The molecule has 3 heterocycles. The first-order valence-electron chi connectivity index (χ1n) is 6.26. The lowest BCUT2D eigenvalue weighted by Gasteiger charge is -2.24. The van der Waals surface area contributed by atoms with Crippen LogP contribution in [0.4, 0.5) is 5.82 Å². The lowest BCUT2D eigenvalue weighted by atomic mass is 10.2. The van der Waals surface area contributed by atoms with Crippen LogP contribution in [0.1, 0.15) is 19.8 Å². The molecule has 0 bridgehead atoms. The van der Waals surface area contributed by atoms with Crippen LogP contribution in [0.15, 0.2) is 12.4 Å². The third kappa shape index (κ3) is 1.98. The summed E-state index contributed by atoms with van der Waals surface area (Å²) >= 11 is 0. The van der Waals surface area contributed by atoms with Crippen molar-refractivity contribution >= 4 is 17.4 Å². The predicted molar refractivity (Wildman–Crippen MR) is 65.6 cm³/mol. The van der Waals surface area contributed by atoms with Crippen LogP contribution in [0.2, 0.25) is 0 Å². The van der Waals surface area contributed by atoms with E-state index in [2.05, 4.69) is 20.5 Å². The van der Waals surface area contributed by atoms with Crippen molar-refractivity contribution in [3.05, 3.63) is 12.4 Å².